The monoisotopic (exact) mass is 519 g/mol. The first kappa shape index (κ1) is 27.3. The number of piperazine rings is 1. The summed E-state index contributed by atoms with van der Waals surface area (Å²) < 4.78 is 0. The summed E-state index contributed by atoms with van der Waals surface area (Å²) in [6.07, 6.45) is 11.9. The fourth-order valence-corrected chi connectivity index (χ4v) is 6.70. The molecule has 37 heavy (non-hydrogen) atoms. The van der Waals surface area contributed by atoms with Gasteiger partial charge in [-0.05, 0) is 55.0 Å². The lowest BCUT2D eigenvalue weighted by atomic mass is 9.92. The second kappa shape index (κ2) is 13.2. The first-order valence-electron chi connectivity index (χ1n) is 14.3. The van der Waals surface area contributed by atoms with Crippen LogP contribution in [0.5, 0.6) is 0 Å². The van der Waals surface area contributed by atoms with E-state index in [0.29, 0.717) is 6.04 Å². The zero-order chi connectivity index (χ0) is 26.2. The molecule has 0 saturated carbocycles. The van der Waals surface area contributed by atoms with Crippen LogP contribution in [0.3, 0.4) is 0 Å². The van der Waals surface area contributed by atoms with Gasteiger partial charge in [0.15, 0.2) is 0 Å². The predicted molar refractivity (Wildman–Crippen MR) is 162 cm³/mol. The van der Waals surface area contributed by atoms with E-state index in [0.717, 1.165) is 50.6 Å². The number of nitrogens with one attached hydrogen (secondary N) is 2. The van der Waals surface area contributed by atoms with Gasteiger partial charge in [-0.1, -0.05) is 64.1 Å². The summed E-state index contributed by atoms with van der Waals surface area (Å²) in [6.45, 7) is 13.5. The number of thiophene rings is 1. The van der Waals surface area contributed by atoms with Crippen molar-refractivity contribution < 1.29 is 0 Å². The molecule has 2 unspecified atom stereocenters. The molecule has 4 N–H and O–H groups in total. The molecule has 5 nitrogen and oxygen atoms in total. The van der Waals surface area contributed by atoms with Crippen LogP contribution in [0.15, 0.2) is 65.9 Å². The van der Waals surface area contributed by atoms with Crippen LogP contribution in [0.25, 0.3) is 5.70 Å². The predicted octanol–water partition coefficient (Wildman–Crippen LogP) is 6.86. The van der Waals surface area contributed by atoms with Gasteiger partial charge < -0.3 is 26.2 Å². The average Bonchev–Trinajstić information content (AvgIpc) is 3.62. The second-order valence-electron chi connectivity index (χ2n) is 9.46. The highest BCUT2D eigenvalue weighted by Gasteiger charge is 2.33. The zero-order valence-electron chi connectivity index (χ0n) is 23.1. The number of benzene rings is 1. The van der Waals surface area contributed by atoms with Crippen molar-refractivity contribution in [3.63, 3.8) is 0 Å². The van der Waals surface area contributed by atoms with Gasteiger partial charge in [-0.25, -0.2) is 0 Å². The van der Waals surface area contributed by atoms with Crippen molar-refractivity contribution in [1.29, 1.82) is 0 Å². The second-order valence-corrected chi connectivity index (χ2v) is 10.5. The number of hydrogen-bond acceptors (Lipinski definition) is 6. The van der Waals surface area contributed by atoms with Crippen molar-refractivity contribution in [2.24, 2.45) is 0 Å². The minimum absolute atomic E-state index is 0.222. The highest BCUT2D eigenvalue weighted by Crippen LogP contribution is 2.46. The van der Waals surface area contributed by atoms with Crippen LogP contribution in [-0.4, -0.2) is 48.6 Å². The molecule has 1 aliphatic carbocycles. The highest BCUT2D eigenvalue weighted by molar-refractivity contribution is 7.17. The van der Waals surface area contributed by atoms with Crippen LogP contribution in [0, 0.1) is 0 Å². The summed E-state index contributed by atoms with van der Waals surface area (Å²) in [7, 11) is 0. The molecular weight excluding hydrogens is 474 g/mol. The molecule has 2 saturated heterocycles. The number of fused-ring (bicyclic) bond motifs is 1. The number of nitrogens with two attached hydrogens (primary N) is 1. The summed E-state index contributed by atoms with van der Waals surface area (Å²) >= 11 is 1.71. The van der Waals surface area contributed by atoms with Crippen molar-refractivity contribution in [3.8, 4) is 0 Å². The van der Waals surface area contributed by atoms with Crippen molar-refractivity contribution in [2.75, 3.05) is 43.8 Å². The van der Waals surface area contributed by atoms with E-state index in [1.165, 1.54) is 45.9 Å². The van der Waals surface area contributed by atoms with Crippen LogP contribution in [0.4, 0.5) is 10.7 Å². The molecule has 2 aromatic rings. The summed E-state index contributed by atoms with van der Waals surface area (Å²) in [5.41, 5.74) is 13.2. The summed E-state index contributed by atoms with van der Waals surface area (Å²) in [5.74, 6) is 0. The maximum Gasteiger partial charge on any atom is 0.0884 e. The third-order valence-corrected chi connectivity index (χ3v) is 8.43. The molecule has 1 aromatic heterocycles. The molecule has 6 rings (SSSR count). The van der Waals surface area contributed by atoms with Crippen LogP contribution < -0.4 is 16.4 Å². The molecule has 4 aliphatic rings. The number of nitrogen functional groups attached to an aromatic ring is 1. The highest BCUT2D eigenvalue weighted by atomic mass is 32.1. The zero-order valence-corrected chi connectivity index (χ0v) is 23.9. The standard InChI is InChI=1S/C27H33N5S.2C2H6/c28-26-18-23-27(33-26)25(32-14-4-7-24(32)20-5-2-1-3-6-20)17-22(30-23)19-8-10-21(11-9-19)31-15-12-29-13-16-31;2*1-2/h1-3,5-6,8,10,17-18,22,24,29-30H,4,7,9,11-16,28H2;2*1-2H3. The summed E-state index contributed by atoms with van der Waals surface area (Å²) in [5, 5.41) is 8.14. The quantitative estimate of drug-likeness (QED) is 0.412. The molecule has 6 heteroatoms. The van der Waals surface area contributed by atoms with Gasteiger partial charge in [-0.15, -0.1) is 11.3 Å². The fourth-order valence-electron chi connectivity index (χ4n) is 5.77. The fraction of sp³-hybridized carbons (Fsp3) is 0.484. The van der Waals surface area contributed by atoms with Gasteiger partial charge in [-0.3, -0.25) is 0 Å². The normalized spacial score (nSPS) is 22.8. The molecule has 2 fully saturated rings. The number of nitrogens with zero attached hydrogens (tertiary/aromatic N) is 2. The number of hydrogen-bond donors (Lipinski definition) is 3. The molecule has 0 bridgehead atoms. The minimum atomic E-state index is 0.222. The van der Waals surface area contributed by atoms with Crippen molar-refractivity contribution >= 4 is 27.7 Å². The van der Waals surface area contributed by atoms with Crippen molar-refractivity contribution in [3.05, 3.63) is 76.3 Å². The average molecular weight is 520 g/mol. The van der Waals surface area contributed by atoms with Gasteiger partial charge >= 0.3 is 0 Å². The number of rotatable bonds is 4. The molecule has 3 aliphatic heterocycles. The molecule has 2 atom stereocenters. The number of anilines is 2. The van der Waals surface area contributed by atoms with E-state index >= 15 is 0 Å². The van der Waals surface area contributed by atoms with E-state index in [2.05, 4.69) is 75.1 Å². The molecule has 0 radical (unpaired) electrons. The molecule has 4 heterocycles. The number of allylic oxidation sites excluding steroid dienone is 3. The first-order chi connectivity index (χ1) is 18.3. The van der Waals surface area contributed by atoms with Crippen LogP contribution in [0.2, 0.25) is 0 Å². The van der Waals surface area contributed by atoms with Gasteiger partial charge in [0, 0.05) is 38.4 Å². The summed E-state index contributed by atoms with van der Waals surface area (Å²) in [6, 6.07) is 13.8. The van der Waals surface area contributed by atoms with Gasteiger partial charge in [0.2, 0.25) is 0 Å². The van der Waals surface area contributed by atoms with Crippen LogP contribution in [0.1, 0.15) is 69.9 Å². The van der Waals surface area contributed by atoms with Gasteiger partial charge in [0.25, 0.3) is 0 Å². The number of likely N-dealkylation sites (tertiary alicyclic amines) is 1. The van der Waals surface area contributed by atoms with Gasteiger partial charge in [0.05, 0.1) is 33.3 Å². The van der Waals surface area contributed by atoms with E-state index in [-0.39, 0.29) is 6.04 Å². The molecule has 0 amide bonds. The smallest absolute Gasteiger partial charge is 0.0884 e. The Hall–Kier alpha value is -2.70. The lowest BCUT2D eigenvalue weighted by Gasteiger charge is -2.36. The Morgan fingerprint density at radius 2 is 1.70 bits per heavy atom. The lowest BCUT2D eigenvalue weighted by molar-refractivity contribution is 0.289. The van der Waals surface area contributed by atoms with E-state index in [9.17, 15) is 0 Å². The topological polar surface area (TPSA) is 56.6 Å². The van der Waals surface area contributed by atoms with E-state index in [1.54, 1.807) is 11.3 Å². The Bertz CT molecular complexity index is 1090. The molecular formula is C31H45N5S. The minimum Gasteiger partial charge on any atom is -0.391 e. The van der Waals surface area contributed by atoms with Crippen molar-refractivity contribution in [2.45, 2.75) is 65.5 Å². The first-order valence-corrected chi connectivity index (χ1v) is 15.1. The van der Waals surface area contributed by atoms with E-state index in [1.807, 2.05) is 27.7 Å². The SMILES string of the molecule is CC.CC.Nc1cc2c(s1)C(N1CCCC1c1ccccc1)=CC(C1=CC=C(N3CCNCC3)CC1)N2. The van der Waals surface area contributed by atoms with Crippen molar-refractivity contribution in [1.82, 2.24) is 15.1 Å². The molecule has 0 spiro atoms. The molecule has 200 valence electrons. The Morgan fingerprint density at radius 3 is 2.41 bits per heavy atom. The van der Waals surface area contributed by atoms with E-state index < -0.39 is 0 Å². The third kappa shape index (κ3) is 6.07. The Morgan fingerprint density at radius 1 is 0.946 bits per heavy atom. The van der Waals surface area contributed by atoms with Crippen LogP contribution >= 0.6 is 11.3 Å². The maximum atomic E-state index is 6.29. The molecule has 1 aromatic carbocycles. The summed E-state index contributed by atoms with van der Waals surface area (Å²) in [4.78, 5) is 6.47. The Balaban J connectivity index is 0.000000765. The van der Waals surface area contributed by atoms with Gasteiger partial charge in [-0.2, -0.15) is 0 Å². The van der Waals surface area contributed by atoms with Gasteiger partial charge in [0.1, 0.15) is 0 Å². The Kier molecular flexibility index (Phi) is 9.75. The largest absolute Gasteiger partial charge is 0.391 e. The van der Waals surface area contributed by atoms with Crippen LogP contribution in [-0.2, 0) is 0 Å². The maximum absolute atomic E-state index is 6.29. The third-order valence-electron chi connectivity index (χ3n) is 7.45. The Labute approximate surface area is 228 Å². The lowest BCUT2D eigenvalue weighted by Crippen LogP contribution is -2.43. The van der Waals surface area contributed by atoms with E-state index in [4.69, 9.17) is 5.73 Å².